The summed E-state index contributed by atoms with van der Waals surface area (Å²) >= 11 is 13.8. The second-order valence-corrected chi connectivity index (χ2v) is 7.66. The van der Waals surface area contributed by atoms with Gasteiger partial charge in [-0.2, -0.15) is 0 Å². The minimum absolute atomic E-state index is 0.0416. The second-order valence-electron chi connectivity index (χ2n) is 5.65. The zero-order valence-electron chi connectivity index (χ0n) is 13.0. The molecule has 1 heterocycles. The van der Waals surface area contributed by atoms with Crippen LogP contribution in [-0.4, -0.2) is 25.8 Å². The Morgan fingerprint density at radius 1 is 1.33 bits per heavy atom. The van der Waals surface area contributed by atoms with Crippen LogP contribution in [0, 0.1) is 0 Å². The number of hydrogen-bond donors (Lipinski definition) is 0. The summed E-state index contributed by atoms with van der Waals surface area (Å²) in [5.41, 5.74) is 0.761. The van der Waals surface area contributed by atoms with Crippen LogP contribution < -0.4 is 0 Å². The number of allylic oxidation sites excluding steroid dienone is 1. The van der Waals surface area contributed by atoms with E-state index in [0.29, 0.717) is 34.6 Å². The van der Waals surface area contributed by atoms with Gasteiger partial charge >= 0.3 is 0 Å². The van der Waals surface area contributed by atoms with Crippen molar-refractivity contribution in [3.8, 4) is 11.4 Å². The number of carbonyl (C=O) groups is 1. The lowest BCUT2D eigenvalue weighted by atomic mass is 9.99. The van der Waals surface area contributed by atoms with Gasteiger partial charge in [0.15, 0.2) is 11.0 Å². The van der Waals surface area contributed by atoms with Crippen LogP contribution in [0.1, 0.15) is 25.7 Å². The molecule has 1 atom stereocenters. The van der Waals surface area contributed by atoms with Crippen LogP contribution in [0.3, 0.4) is 0 Å². The Bertz CT molecular complexity index is 775. The molecule has 1 aromatic heterocycles. The van der Waals surface area contributed by atoms with Gasteiger partial charge in [0.2, 0.25) is 0 Å². The van der Waals surface area contributed by atoms with Crippen molar-refractivity contribution in [2.24, 2.45) is 0 Å². The van der Waals surface area contributed by atoms with Gasteiger partial charge in [-0.3, -0.25) is 9.36 Å². The van der Waals surface area contributed by atoms with E-state index in [9.17, 15) is 4.79 Å². The molecule has 3 rings (SSSR count). The standard InChI is InChI=1S/C17H17Cl2N3OS/c1-2-9-22-16(12-8-7-11(18)10-13(12)19)20-21-17(22)24-15-6-4-3-5-14(15)23/h2,7-8,10,15H,1,3-6,9H2/t15-/m1/s1. The fourth-order valence-corrected chi connectivity index (χ4v) is 4.40. The van der Waals surface area contributed by atoms with Gasteiger partial charge < -0.3 is 0 Å². The summed E-state index contributed by atoms with van der Waals surface area (Å²) in [4.78, 5) is 12.1. The minimum Gasteiger partial charge on any atom is -0.298 e. The van der Waals surface area contributed by atoms with Crippen LogP contribution in [0.15, 0.2) is 36.0 Å². The van der Waals surface area contributed by atoms with Crippen molar-refractivity contribution in [1.29, 1.82) is 0 Å². The lowest BCUT2D eigenvalue weighted by molar-refractivity contribution is -0.119. The Hall–Kier alpha value is -1.30. The molecule has 1 aromatic carbocycles. The Morgan fingerprint density at radius 2 is 2.17 bits per heavy atom. The van der Waals surface area contributed by atoms with Crippen LogP contribution in [0.25, 0.3) is 11.4 Å². The highest BCUT2D eigenvalue weighted by atomic mass is 35.5. The third-order valence-corrected chi connectivity index (χ3v) is 5.79. The van der Waals surface area contributed by atoms with Crippen molar-refractivity contribution < 1.29 is 4.79 Å². The summed E-state index contributed by atoms with van der Waals surface area (Å²) in [5.74, 6) is 0.952. The van der Waals surface area contributed by atoms with Crippen molar-refractivity contribution in [3.05, 3.63) is 40.9 Å². The largest absolute Gasteiger partial charge is 0.298 e. The fraction of sp³-hybridized carbons (Fsp3) is 0.353. The summed E-state index contributed by atoms with van der Waals surface area (Å²) < 4.78 is 1.94. The quantitative estimate of drug-likeness (QED) is 0.680. The van der Waals surface area contributed by atoms with Gasteiger partial charge in [0, 0.05) is 23.6 Å². The third kappa shape index (κ3) is 3.68. The molecule has 0 N–H and O–H groups in total. The Morgan fingerprint density at radius 3 is 2.88 bits per heavy atom. The van der Waals surface area contributed by atoms with E-state index >= 15 is 0 Å². The topological polar surface area (TPSA) is 47.8 Å². The number of hydrogen-bond acceptors (Lipinski definition) is 4. The van der Waals surface area contributed by atoms with Crippen molar-refractivity contribution in [2.75, 3.05) is 0 Å². The first-order chi connectivity index (χ1) is 11.6. The van der Waals surface area contributed by atoms with Gasteiger partial charge in [-0.1, -0.05) is 47.5 Å². The molecular weight excluding hydrogens is 365 g/mol. The number of thioether (sulfide) groups is 1. The summed E-state index contributed by atoms with van der Waals surface area (Å²) in [6.07, 6.45) is 5.39. The van der Waals surface area contributed by atoms with Crippen LogP contribution >= 0.6 is 35.0 Å². The summed E-state index contributed by atoms with van der Waals surface area (Å²) in [7, 11) is 0. The van der Waals surface area contributed by atoms with E-state index in [1.54, 1.807) is 18.2 Å². The van der Waals surface area contributed by atoms with Crippen LogP contribution in [0.4, 0.5) is 0 Å². The maximum absolute atomic E-state index is 12.1. The minimum atomic E-state index is -0.0416. The Labute approximate surface area is 155 Å². The smallest absolute Gasteiger partial charge is 0.192 e. The predicted molar refractivity (Wildman–Crippen MR) is 98.8 cm³/mol. The molecule has 1 saturated carbocycles. The Kier molecular flexibility index (Phi) is 5.64. The monoisotopic (exact) mass is 381 g/mol. The molecule has 4 nitrogen and oxygen atoms in total. The number of Topliss-reactive ketones (excluding diaryl/α,β-unsaturated/α-hetero) is 1. The van der Waals surface area contributed by atoms with E-state index in [0.717, 1.165) is 30.0 Å². The molecule has 0 radical (unpaired) electrons. The van der Waals surface area contributed by atoms with E-state index < -0.39 is 0 Å². The van der Waals surface area contributed by atoms with Gasteiger partial charge in [0.05, 0.1) is 10.3 Å². The van der Waals surface area contributed by atoms with Gasteiger partial charge in [0.25, 0.3) is 0 Å². The van der Waals surface area contributed by atoms with Crippen molar-refractivity contribution in [1.82, 2.24) is 14.8 Å². The number of nitrogens with zero attached hydrogens (tertiary/aromatic N) is 3. The molecule has 1 aliphatic carbocycles. The third-order valence-electron chi connectivity index (χ3n) is 3.95. The molecule has 0 aliphatic heterocycles. The molecule has 0 unspecified atom stereocenters. The molecule has 126 valence electrons. The van der Waals surface area contributed by atoms with Crippen LogP contribution in [-0.2, 0) is 11.3 Å². The van der Waals surface area contributed by atoms with Crippen LogP contribution in [0.5, 0.6) is 0 Å². The number of rotatable bonds is 5. The highest BCUT2D eigenvalue weighted by Gasteiger charge is 2.26. The normalized spacial score (nSPS) is 17.9. The van der Waals surface area contributed by atoms with E-state index in [2.05, 4.69) is 16.8 Å². The average molecular weight is 382 g/mol. The fourth-order valence-electron chi connectivity index (χ4n) is 2.74. The van der Waals surface area contributed by atoms with E-state index in [-0.39, 0.29) is 5.25 Å². The van der Waals surface area contributed by atoms with Gasteiger partial charge in [-0.05, 0) is 31.0 Å². The molecule has 0 saturated heterocycles. The van der Waals surface area contributed by atoms with E-state index in [1.165, 1.54) is 11.8 Å². The molecule has 0 spiro atoms. The molecular formula is C17H17Cl2N3OS. The van der Waals surface area contributed by atoms with E-state index in [4.69, 9.17) is 23.2 Å². The molecule has 7 heteroatoms. The zero-order chi connectivity index (χ0) is 17.1. The predicted octanol–water partition coefficient (Wildman–Crippen LogP) is 5.04. The first kappa shape index (κ1) is 17.5. The number of ketones is 1. The highest BCUT2D eigenvalue weighted by Crippen LogP contribution is 2.35. The summed E-state index contributed by atoms with van der Waals surface area (Å²) in [5, 5.41) is 10.3. The van der Waals surface area contributed by atoms with Gasteiger partial charge in [0.1, 0.15) is 5.78 Å². The van der Waals surface area contributed by atoms with Gasteiger partial charge in [-0.25, -0.2) is 0 Å². The highest BCUT2D eigenvalue weighted by molar-refractivity contribution is 8.00. The first-order valence-electron chi connectivity index (χ1n) is 7.79. The number of carbonyl (C=O) groups excluding carboxylic acids is 1. The molecule has 2 aromatic rings. The van der Waals surface area contributed by atoms with Gasteiger partial charge in [-0.15, -0.1) is 16.8 Å². The number of benzene rings is 1. The van der Waals surface area contributed by atoms with Crippen molar-refractivity contribution >= 4 is 40.7 Å². The summed E-state index contributed by atoms with van der Waals surface area (Å²) in [6.45, 7) is 4.35. The van der Waals surface area contributed by atoms with Crippen molar-refractivity contribution in [2.45, 2.75) is 42.6 Å². The maximum Gasteiger partial charge on any atom is 0.192 e. The zero-order valence-corrected chi connectivity index (χ0v) is 15.4. The van der Waals surface area contributed by atoms with E-state index in [1.807, 2.05) is 10.6 Å². The van der Waals surface area contributed by atoms with Crippen LogP contribution in [0.2, 0.25) is 10.0 Å². The van der Waals surface area contributed by atoms with Crippen molar-refractivity contribution in [3.63, 3.8) is 0 Å². The number of halogens is 2. The summed E-state index contributed by atoms with van der Waals surface area (Å²) in [6, 6.07) is 5.28. The lowest BCUT2D eigenvalue weighted by Crippen LogP contribution is -2.21. The SMILES string of the molecule is C=CCn1c(S[C@@H]2CCCCC2=O)nnc1-c1ccc(Cl)cc1Cl. The Balaban J connectivity index is 1.95. The second kappa shape index (κ2) is 7.72. The average Bonchev–Trinajstić information content (AvgIpc) is 2.93. The maximum atomic E-state index is 12.1. The number of aromatic nitrogens is 3. The lowest BCUT2D eigenvalue weighted by Gasteiger charge is -2.19. The first-order valence-corrected chi connectivity index (χ1v) is 9.42. The molecule has 0 amide bonds. The molecule has 24 heavy (non-hydrogen) atoms. The molecule has 1 fully saturated rings. The molecule has 0 bridgehead atoms. The molecule has 1 aliphatic rings.